The Kier molecular flexibility index (Phi) is 7.79. The molecule has 0 spiro atoms. The largest absolute Gasteiger partial charge is 0.495 e. The van der Waals surface area contributed by atoms with Crippen LogP contribution in [0, 0.1) is 0 Å². The summed E-state index contributed by atoms with van der Waals surface area (Å²) in [6, 6.07) is 3.90. The molecule has 1 aromatic carbocycles. The van der Waals surface area contributed by atoms with Crippen LogP contribution < -0.4 is 14.4 Å². The number of carbonyl (C=O) groups excluding carboxylic acids is 1. The number of halogens is 1. The minimum absolute atomic E-state index is 0.0983. The van der Waals surface area contributed by atoms with Crippen LogP contribution in [0.15, 0.2) is 18.2 Å². The number of ether oxygens (including phenoxy) is 1. The van der Waals surface area contributed by atoms with Crippen molar-refractivity contribution in [3.8, 4) is 5.75 Å². The summed E-state index contributed by atoms with van der Waals surface area (Å²) in [7, 11) is -2.19. The van der Waals surface area contributed by atoms with Crippen molar-refractivity contribution in [3.63, 3.8) is 0 Å². The molecular formula is C19H29ClN2O4S. The van der Waals surface area contributed by atoms with Gasteiger partial charge in [-0.3, -0.25) is 9.10 Å². The summed E-state index contributed by atoms with van der Waals surface area (Å²) in [6.45, 7) is 1.59. The summed E-state index contributed by atoms with van der Waals surface area (Å²) in [4.78, 5) is 12.8. The molecule has 0 bridgehead atoms. The van der Waals surface area contributed by atoms with Crippen LogP contribution in [-0.2, 0) is 14.8 Å². The highest BCUT2D eigenvalue weighted by atomic mass is 35.5. The van der Waals surface area contributed by atoms with Gasteiger partial charge in [-0.05, 0) is 38.0 Å². The number of benzene rings is 1. The first-order valence-corrected chi connectivity index (χ1v) is 11.6. The fourth-order valence-electron chi connectivity index (χ4n) is 3.52. The average Bonchev–Trinajstić information content (AvgIpc) is 2.56. The molecule has 1 saturated carbocycles. The molecule has 1 amide bonds. The zero-order valence-corrected chi connectivity index (χ0v) is 17.8. The van der Waals surface area contributed by atoms with Gasteiger partial charge in [-0.25, -0.2) is 8.42 Å². The van der Waals surface area contributed by atoms with Gasteiger partial charge < -0.3 is 10.1 Å². The summed E-state index contributed by atoms with van der Waals surface area (Å²) >= 11 is 6.15. The summed E-state index contributed by atoms with van der Waals surface area (Å²) in [5, 5.41) is 3.33. The number of carbonyl (C=O) groups is 1. The summed E-state index contributed by atoms with van der Waals surface area (Å²) in [5.41, 5.74) is 0.337. The van der Waals surface area contributed by atoms with E-state index in [-0.39, 0.29) is 17.0 Å². The molecule has 1 aromatic rings. The lowest BCUT2D eigenvalue weighted by Gasteiger charge is -2.30. The van der Waals surface area contributed by atoms with E-state index in [0.717, 1.165) is 36.2 Å². The number of sulfonamides is 1. The second-order valence-corrected chi connectivity index (χ2v) is 9.37. The van der Waals surface area contributed by atoms with Gasteiger partial charge in [0.15, 0.2) is 0 Å². The van der Waals surface area contributed by atoms with Crippen LogP contribution in [0.25, 0.3) is 0 Å². The van der Waals surface area contributed by atoms with Crippen LogP contribution >= 0.6 is 11.6 Å². The van der Waals surface area contributed by atoms with Crippen LogP contribution in [0.4, 0.5) is 5.69 Å². The van der Waals surface area contributed by atoms with E-state index in [1.807, 2.05) is 0 Å². The van der Waals surface area contributed by atoms with Gasteiger partial charge in [0.25, 0.3) is 0 Å². The molecule has 8 heteroatoms. The van der Waals surface area contributed by atoms with Crippen molar-refractivity contribution in [2.75, 3.05) is 17.7 Å². The second kappa shape index (κ2) is 9.64. The van der Waals surface area contributed by atoms with Crippen molar-refractivity contribution < 1.29 is 17.9 Å². The Labute approximate surface area is 167 Å². The minimum atomic E-state index is -3.68. The fourth-order valence-corrected chi connectivity index (χ4v) is 4.94. The molecule has 1 aliphatic rings. The van der Waals surface area contributed by atoms with Gasteiger partial charge in [0.1, 0.15) is 11.8 Å². The highest BCUT2D eigenvalue weighted by Crippen LogP contribution is 2.31. The maximum atomic E-state index is 12.8. The molecule has 0 radical (unpaired) electrons. The zero-order valence-electron chi connectivity index (χ0n) is 16.2. The Morgan fingerprint density at radius 1 is 1.22 bits per heavy atom. The number of nitrogens with zero attached hydrogens (tertiary/aromatic N) is 1. The molecule has 1 atom stereocenters. The van der Waals surface area contributed by atoms with E-state index in [4.69, 9.17) is 16.3 Å². The molecule has 152 valence electrons. The quantitative estimate of drug-likeness (QED) is 0.766. The highest BCUT2D eigenvalue weighted by molar-refractivity contribution is 7.92. The molecule has 27 heavy (non-hydrogen) atoms. The van der Waals surface area contributed by atoms with Crippen LogP contribution in [-0.4, -0.2) is 39.8 Å². The van der Waals surface area contributed by atoms with Gasteiger partial charge in [0.05, 0.1) is 24.1 Å². The number of nitrogens with one attached hydrogen (secondary N) is 1. The molecule has 1 N–H and O–H groups in total. The molecule has 0 aliphatic heterocycles. The van der Waals surface area contributed by atoms with Crippen molar-refractivity contribution in [2.45, 2.75) is 64.0 Å². The fraction of sp³-hybridized carbons (Fsp3) is 0.632. The van der Waals surface area contributed by atoms with E-state index in [1.54, 1.807) is 19.1 Å². The summed E-state index contributed by atoms with van der Waals surface area (Å²) < 4.78 is 31.0. The van der Waals surface area contributed by atoms with Crippen molar-refractivity contribution in [1.29, 1.82) is 0 Å². The van der Waals surface area contributed by atoms with Crippen LogP contribution in [0.2, 0.25) is 5.02 Å². The van der Waals surface area contributed by atoms with Gasteiger partial charge in [0.2, 0.25) is 15.9 Å². The Hall–Kier alpha value is -1.47. The standard InChI is InChI=1S/C19H29ClN2O4S/c1-14(19(23)21-15-9-7-5-4-6-8-10-15)22(27(3,24)25)16-11-12-18(26-2)17(20)13-16/h11-15H,4-10H2,1-3H3,(H,21,23)/t14-/m1/s1. The molecule has 0 unspecified atom stereocenters. The third-order valence-electron chi connectivity index (χ3n) is 4.93. The smallest absolute Gasteiger partial charge is 0.243 e. The summed E-state index contributed by atoms with van der Waals surface area (Å²) in [6.07, 6.45) is 8.75. The first kappa shape index (κ1) is 21.8. The van der Waals surface area contributed by atoms with Gasteiger partial charge >= 0.3 is 0 Å². The highest BCUT2D eigenvalue weighted by Gasteiger charge is 2.30. The van der Waals surface area contributed by atoms with Crippen molar-refractivity contribution in [2.24, 2.45) is 0 Å². The lowest BCUT2D eigenvalue weighted by Crippen LogP contribution is -2.50. The first-order chi connectivity index (χ1) is 12.7. The van der Waals surface area contributed by atoms with Gasteiger partial charge in [-0.15, -0.1) is 0 Å². The maximum absolute atomic E-state index is 12.8. The summed E-state index contributed by atoms with van der Waals surface area (Å²) in [5.74, 6) is 0.151. The van der Waals surface area contributed by atoms with Crippen molar-refractivity contribution >= 4 is 33.2 Å². The lowest BCUT2D eigenvalue weighted by atomic mass is 9.96. The second-order valence-electron chi connectivity index (χ2n) is 7.10. The van der Waals surface area contributed by atoms with Gasteiger partial charge in [0, 0.05) is 6.04 Å². The molecule has 0 saturated heterocycles. The normalized spacial score (nSPS) is 17.5. The van der Waals surface area contributed by atoms with E-state index < -0.39 is 16.1 Å². The monoisotopic (exact) mass is 416 g/mol. The Balaban J connectivity index is 2.20. The SMILES string of the molecule is COc1ccc(N([C@H](C)C(=O)NC2CCCCCCC2)S(C)(=O)=O)cc1Cl. The molecule has 2 rings (SSSR count). The van der Waals surface area contributed by atoms with Gasteiger partial charge in [-0.2, -0.15) is 0 Å². The van der Waals surface area contributed by atoms with Gasteiger partial charge in [-0.1, -0.05) is 43.7 Å². The molecule has 0 aromatic heterocycles. The van der Waals surface area contributed by atoms with E-state index >= 15 is 0 Å². The topological polar surface area (TPSA) is 75.7 Å². The average molecular weight is 417 g/mol. The number of rotatable bonds is 6. The number of hydrogen-bond acceptors (Lipinski definition) is 4. The van der Waals surface area contributed by atoms with Crippen molar-refractivity contribution in [3.05, 3.63) is 23.2 Å². The number of methoxy groups -OCH3 is 1. The van der Waals surface area contributed by atoms with Crippen molar-refractivity contribution in [1.82, 2.24) is 5.32 Å². The molecule has 6 nitrogen and oxygen atoms in total. The predicted molar refractivity (Wildman–Crippen MR) is 109 cm³/mol. The molecular weight excluding hydrogens is 388 g/mol. The Bertz CT molecular complexity index is 746. The first-order valence-electron chi connectivity index (χ1n) is 9.37. The van der Waals surface area contributed by atoms with Crippen LogP contribution in [0.3, 0.4) is 0 Å². The maximum Gasteiger partial charge on any atom is 0.243 e. The Morgan fingerprint density at radius 3 is 2.33 bits per heavy atom. The van der Waals surface area contributed by atoms with E-state index in [2.05, 4.69) is 5.32 Å². The predicted octanol–water partition coefficient (Wildman–Crippen LogP) is 3.73. The van der Waals surface area contributed by atoms with Crippen LogP contribution in [0.5, 0.6) is 5.75 Å². The number of amides is 1. The van der Waals surface area contributed by atoms with E-state index in [0.29, 0.717) is 11.4 Å². The third kappa shape index (κ3) is 6.01. The zero-order chi connectivity index (χ0) is 20.0. The van der Waals surface area contributed by atoms with Crippen LogP contribution in [0.1, 0.15) is 51.9 Å². The Morgan fingerprint density at radius 2 is 1.81 bits per heavy atom. The number of hydrogen-bond donors (Lipinski definition) is 1. The third-order valence-corrected chi connectivity index (χ3v) is 6.47. The molecule has 1 aliphatic carbocycles. The lowest BCUT2D eigenvalue weighted by molar-refractivity contribution is -0.122. The number of anilines is 1. The van der Waals surface area contributed by atoms with E-state index in [1.165, 1.54) is 32.4 Å². The molecule has 1 fully saturated rings. The minimum Gasteiger partial charge on any atom is -0.495 e. The molecule has 0 heterocycles. The van der Waals surface area contributed by atoms with E-state index in [9.17, 15) is 13.2 Å².